The maximum atomic E-state index is 13.7. The maximum Gasteiger partial charge on any atom is 0.256 e. The third-order valence-electron chi connectivity index (χ3n) is 3.85. The largest absolute Gasteiger partial charge is 0.338 e. The molecule has 1 fully saturated rings. The number of rotatable bonds is 2. The lowest BCUT2D eigenvalue weighted by atomic mass is 9.99. The summed E-state index contributed by atoms with van der Waals surface area (Å²) in [5.41, 5.74) is 1.41. The molecule has 0 saturated carbocycles. The van der Waals surface area contributed by atoms with Crippen molar-refractivity contribution in [3.05, 3.63) is 71.5 Å². The molecule has 0 radical (unpaired) electrons. The van der Waals surface area contributed by atoms with Crippen LogP contribution in [0.3, 0.4) is 0 Å². The van der Waals surface area contributed by atoms with E-state index in [4.69, 9.17) is 0 Å². The third kappa shape index (κ3) is 2.44. The van der Waals surface area contributed by atoms with Crippen LogP contribution in [0.1, 0.15) is 28.3 Å². The number of hydrogen-bond donors (Lipinski definition) is 0. The van der Waals surface area contributed by atoms with Crippen molar-refractivity contribution in [2.45, 2.75) is 12.3 Å². The first-order chi connectivity index (χ1) is 9.75. The summed E-state index contributed by atoms with van der Waals surface area (Å²) in [6, 6.07) is 16.4. The van der Waals surface area contributed by atoms with Crippen molar-refractivity contribution >= 4 is 5.91 Å². The summed E-state index contributed by atoms with van der Waals surface area (Å²) in [5.74, 6) is -0.297. The summed E-state index contributed by atoms with van der Waals surface area (Å²) in [4.78, 5) is 14.1. The predicted octanol–water partition coefficient (Wildman–Crippen LogP) is 3.46. The second kappa shape index (κ2) is 5.45. The highest BCUT2D eigenvalue weighted by Crippen LogP contribution is 2.28. The number of nitrogens with zero attached hydrogens (tertiary/aromatic N) is 1. The molecule has 0 aromatic heterocycles. The fraction of sp³-hybridized carbons (Fsp3) is 0.235. The number of carbonyl (C=O) groups is 1. The van der Waals surface area contributed by atoms with E-state index in [0.29, 0.717) is 19.0 Å². The van der Waals surface area contributed by atoms with Crippen molar-refractivity contribution in [3.8, 4) is 0 Å². The summed E-state index contributed by atoms with van der Waals surface area (Å²) in [6.45, 7) is 1.35. The Morgan fingerprint density at radius 3 is 2.50 bits per heavy atom. The van der Waals surface area contributed by atoms with Crippen LogP contribution in [-0.2, 0) is 0 Å². The highest BCUT2D eigenvalue weighted by atomic mass is 19.1. The normalized spacial score (nSPS) is 18.2. The summed E-state index contributed by atoms with van der Waals surface area (Å²) in [7, 11) is 0. The molecule has 1 saturated heterocycles. The molecule has 1 aliphatic rings. The van der Waals surface area contributed by atoms with E-state index in [1.54, 1.807) is 23.1 Å². The fourth-order valence-electron chi connectivity index (χ4n) is 2.75. The first kappa shape index (κ1) is 12.9. The van der Waals surface area contributed by atoms with Gasteiger partial charge in [-0.1, -0.05) is 42.5 Å². The molecule has 1 amide bonds. The van der Waals surface area contributed by atoms with Crippen LogP contribution < -0.4 is 0 Å². The van der Waals surface area contributed by atoms with Crippen LogP contribution in [0.15, 0.2) is 54.6 Å². The maximum absolute atomic E-state index is 13.7. The minimum atomic E-state index is -0.444. The number of likely N-dealkylation sites (tertiary alicyclic amines) is 1. The Labute approximate surface area is 117 Å². The Kier molecular flexibility index (Phi) is 3.50. The van der Waals surface area contributed by atoms with Crippen molar-refractivity contribution in [2.75, 3.05) is 13.1 Å². The van der Waals surface area contributed by atoms with E-state index in [0.717, 1.165) is 6.42 Å². The van der Waals surface area contributed by atoms with Crippen LogP contribution in [0.25, 0.3) is 0 Å². The number of halogens is 1. The van der Waals surface area contributed by atoms with E-state index in [2.05, 4.69) is 12.1 Å². The van der Waals surface area contributed by atoms with Gasteiger partial charge >= 0.3 is 0 Å². The predicted molar refractivity (Wildman–Crippen MR) is 76.1 cm³/mol. The third-order valence-corrected chi connectivity index (χ3v) is 3.85. The van der Waals surface area contributed by atoms with Crippen LogP contribution >= 0.6 is 0 Å². The van der Waals surface area contributed by atoms with Crippen LogP contribution in [0.2, 0.25) is 0 Å². The lowest BCUT2D eigenvalue weighted by molar-refractivity contribution is 0.0786. The summed E-state index contributed by atoms with van der Waals surface area (Å²) in [6.07, 6.45) is 0.935. The molecule has 3 rings (SSSR count). The molecule has 102 valence electrons. The number of hydrogen-bond acceptors (Lipinski definition) is 1. The first-order valence-electron chi connectivity index (χ1n) is 6.84. The standard InChI is InChI=1S/C17H16FNO/c18-16-9-5-4-8-15(16)17(20)19-11-10-14(12-19)13-6-2-1-3-7-13/h1-9,14H,10-12H2/t14-/m0/s1. The molecule has 0 spiro atoms. The van der Waals surface area contributed by atoms with E-state index in [9.17, 15) is 9.18 Å². The number of benzene rings is 2. The van der Waals surface area contributed by atoms with E-state index in [1.807, 2.05) is 18.2 Å². The lowest BCUT2D eigenvalue weighted by Crippen LogP contribution is -2.29. The molecule has 0 aliphatic carbocycles. The van der Waals surface area contributed by atoms with Crippen molar-refractivity contribution in [1.82, 2.24) is 4.90 Å². The molecule has 3 heteroatoms. The molecule has 2 aromatic carbocycles. The highest BCUT2D eigenvalue weighted by Gasteiger charge is 2.28. The zero-order chi connectivity index (χ0) is 13.9. The van der Waals surface area contributed by atoms with E-state index >= 15 is 0 Å². The van der Waals surface area contributed by atoms with Crippen molar-refractivity contribution in [1.29, 1.82) is 0 Å². The molecule has 1 atom stereocenters. The molecule has 2 aromatic rings. The van der Waals surface area contributed by atoms with Crippen LogP contribution in [0, 0.1) is 5.82 Å². The van der Waals surface area contributed by atoms with Gasteiger partial charge in [0.1, 0.15) is 5.82 Å². The van der Waals surface area contributed by atoms with Gasteiger partial charge in [-0.2, -0.15) is 0 Å². The van der Waals surface area contributed by atoms with E-state index in [1.165, 1.54) is 11.6 Å². The fourth-order valence-corrected chi connectivity index (χ4v) is 2.75. The Balaban J connectivity index is 1.75. The van der Waals surface area contributed by atoms with Crippen molar-refractivity contribution < 1.29 is 9.18 Å². The van der Waals surface area contributed by atoms with Gasteiger partial charge in [-0.3, -0.25) is 4.79 Å². The second-order valence-electron chi connectivity index (χ2n) is 5.13. The van der Waals surface area contributed by atoms with Gasteiger partial charge in [0.2, 0.25) is 0 Å². The van der Waals surface area contributed by atoms with Crippen LogP contribution in [0.4, 0.5) is 4.39 Å². The van der Waals surface area contributed by atoms with Gasteiger partial charge in [0.05, 0.1) is 5.56 Å². The monoisotopic (exact) mass is 269 g/mol. The van der Waals surface area contributed by atoms with Gasteiger partial charge in [0.15, 0.2) is 0 Å². The van der Waals surface area contributed by atoms with Crippen LogP contribution in [-0.4, -0.2) is 23.9 Å². The average Bonchev–Trinajstić information content (AvgIpc) is 2.98. The molecule has 2 nitrogen and oxygen atoms in total. The molecule has 0 bridgehead atoms. The van der Waals surface area contributed by atoms with Crippen molar-refractivity contribution in [3.63, 3.8) is 0 Å². The van der Waals surface area contributed by atoms with Gasteiger partial charge in [0, 0.05) is 19.0 Å². The molecule has 1 aliphatic heterocycles. The average molecular weight is 269 g/mol. The minimum Gasteiger partial charge on any atom is -0.338 e. The van der Waals surface area contributed by atoms with Gasteiger partial charge in [0.25, 0.3) is 5.91 Å². The molecule has 0 N–H and O–H groups in total. The summed E-state index contributed by atoms with van der Waals surface area (Å²) in [5, 5.41) is 0. The second-order valence-corrected chi connectivity index (χ2v) is 5.13. The Morgan fingerprint density at radius 2 is 1.75 bits per heavy atom. The van der Waals surface area contributed by atoms with E-state index in [-0.39, 0.29) is 11.5 Å². The molecule has 1 heterocycles. The lowest BCUT2D eigenvalue weighted by Gasteiger charge is -2.17. The summed E-state index contributed by atoms with van der Waals surface area (Å²) >= 11 is 0. The van der Waals surface area contributed by atoms with Gasteiger partial charge in [-0.05, 0) is 24.1 Å². The Morgan fingerprint density at radius 1 is 1.05 bits per heavy atom. The minimum absolute atomic E-state index is 0.168. The molecule has 0 unspecified atom stereocenters. The van der Waals surface area contributed by atoms with E-state index < -0.39 is 5.82 Å². The van der Waals surface area contributed by atoms with Gasteiger partial charge < -0.3 is 4.90 Å². The van der Waals surface area contributed by atoms with Gasteiger partial charge in [-0.25, -0.2) is 4.39 Å². The van der Waals surface area contributed by atoms with Crippen LogP contribution in [0.5, 0.6) is 0 Å². The molecular formula is C17H16FNO. The van der Waals surface area contributed by atoms with Crippen molar-refractivity contribution in [2.24, 2.45) is 0 Å². The summed E-state index contributed by atoms with van der Waals surface area (Å²) < 4.78 is 13.7. The molecule has 20 heavy (non-hydrogen) atoms. The SMILES string of the molecule is O=C(c1ccccc1F)N1CC[C@H](c2ccccc2)C1. The van der Waals surface area contributed by atoms with Gasteiger partial charge in [-0.15, -0.1) is 0 Å². The number of carbonyl (C=O) groups excluding carboxylic acids is 1. The first-order valence-corrected chi connectivity index (χ1v) is 6.84. The quantitative estimate of drug-likeness (QED) is 0.817. The smallest absolute Gasteiger partial charge is 0.256 e. The highest BCUT2D eigenvalue weighted by molar-refractivity contribution is 5.94. The molecular weight excluding hydrogens is 253 g/mol. The Bertz CT molecular complexity index is 611. The topological polar surface area (TPSA) is 20.3 Å². The zero-order valence-electron chi connectivity index (χ0n) is 11.1. The zero-order valence-corrected chi connectivity index (χ0v) is 11.1. The Hall–Kier alpha value is -2.16. The number of amides is 1.